The van der Waals surface area contributed by atoms with Gasteiger partial charge in [0.15, 0.2) is 0 Å². The fourth-order valence-electron chi connectivity index (χ4n) is 2.92. The maximum Gasteiger partial charge on any atom is 0.407 e. The molecule has 9 heteroatoms. The topological polar surface area (TPSA) is 130 Å². The molecule has 1 aromatic heterocycles. The molecule has 2 rings (SSSR count). The minimum atomic E-state index is -0.834. The number of pyridine rings is 1. The van der Waals surface area contributed by atoms with Crippen LogP contribution in [0, 0.1) is 0 Å². The van der Waals surface area contributed by atoms with Crippen molar-refractivity contribution < 1.29 is 24.3 Å². The first-order valence-corrected chi connectivity index (χ1v) is 10.2. The third-order valence-corrected chi connectivity index (χ3v) is 4.55. The summed E-state index contributed by atoms with van der Waals surface area (Å²) in [5, 5.41) is 14.1. The zero-order valence-electron chi connectivity index (χ0n) is 17.5. The van der Waals surface area contributed by atoms with Crippen LogP contribution in [-0.4, -0.2) is 40.7 Å². The summed E-state index contributed by atoms with van der Waals surface area (Å²) in [7, 11) is 0. The SMILES string of the molecule is CCCCCC(NC(=O)OCCc1ccccn1)C(=O)Nc1ccccc1C(=O)NO. The molecule has 1 unspecified atom stereocenters. The fraction of sp³-hybridized carbons (Fsp3) is 0.364. The number of benzene rings is 1. The van der Waals surface area contributed by atoms with E-state index in [4.69, 9.17) is 9.94 Å². The van der Waals surface area contributed by atoms with Crippen LogP contribution in [-0.2, 0) is 16.0 Å². The Morgan fingerprint density at radius 2 is 1.87 bits per heavy atom. The molecule has 0 spiro atoms. The molecule has 2 aromatic rings. The van der Waals surface area contributed by atoms with Gasteiger partial charge < -0.3 is 15.4 Å². The Balaban J connectivity index is 1.97. The van der Waals surface area contributed by atoms with Crippen LogP contribution < -0.4 is 16.1 Å². The van der Waals surface area contributed by atoms with Gasteiger partial charge in [0, 0.05) is 18.3 Å². The highest BCUT2D eigenvalue weighted by atomic mass is 16.5. The number of nitrogens with zero attached hydrogens (tertiary/aromatic N) is 1. The van der Waals surface area contributed by atoms with Crippen molar-refractivity contribution in [2.45, 2.75) is 45.1 Å². The Hall–Kier alpha value is -3.46. The van der Waals surface area contributed by atoms with Gasteiger partial charge in [-0.2, -0.15) is 0 Å². The first-order chi connectivity index (χ1) is 15.0. The molecule has 4 N–H and O–H groups in total. The number of aromatic nitrogens is 1. The van der Waals surface area contributed by atoms with Gasteiger partial charge >= 0.3 is 6.09 Å². The van der Waals surface area contributed by atoms with Crippen molar-refractivity contribution >= 4 is 23.6 Å². The summed E-state index contributed by atoms with van der Waals surface area (Å²) in [6.45, 7) is 2.17. The number of rotatable bonds is 11. The van der Waals surface area contributed by atoms with Crippen molar-refractivity contribution in [2.75, 3.05) is 11.9 Å². The smallest absolute Gasteiger partial charge is 0.407 e. The van der Waals surface area contributed by atoms with Gasteiger partial charge in [-0.1, -0.05) is 44.4 Å². The van der Waals surface area contributed by atoms with Crippen LogP contribution in [0.4, 0.5) is 10.5 Å². The number of alkyl carbamates (subject to hydrolysis) is 1. The quantitative estimate of drug-likeness (QED) is 0.247. The summed E-state index contributed by atoms with van der Waals surface area (Å²) in [5.41, 5.74) is 2.67. The lowest BCUT2D eigenvalue weighted by Gasteiger charge is -2.19. The van der Waals surface area contributed by atoms with Crippen molar-refractivity contribution in [1.29, 1.82) is 0 Å². The van der Waals surface area contributed by atoms with Gasteiger partial charge in [0.1, 0.15) is 6.04 Å². The molecule has 0 saturated carbocycles. The number of ether oxygens (including phenoxy) is 1. The molecule has 0 aliphatic rings. The summed E-state index contributed by atoms with van der Waals surface area (Å²) in [6, 6.07) is 10.9. The molecule has 0 fully saturated rings. The van der Waals surface area contributed by atoms with Crippen LogP contribution in [0.15, 0.2) is 48.7 Å². The number of para-hydroxylation sites is 1. The van der Waals surface area contributed by atoms with Crippen LogP contribution in [0.25, 0.3) is 0 Å². The Morgan fingerprint density at radius 1 is 1.10 bits per heavy atom. The van der Waals surface area contributed by atoms with E-state index in [1.54, 1.807) is 29.9 Å². The molecule has 3 amide bonds. The van der Waals surface area contributed by atoms with Crippen LogP contribution in [0.2, 0.25) is 0 Å². The molecule has 166 valence electrons. The number of hydroxylamine groups is 1. The largest absolute Gasteiger partial charge is 0.449 e. The van der Waals surface area contributed by atoms with Crippen molar-refractivity contribution in [2.24, 2.45) is 0 Å². The van der Waals surface area contributed by atoms with Crippen LogP contribution in [0.5, 0.6) is 0 Å². The number of nitrogens with one attached hydrogen (secondary N) is 3. The lowest BCUT2D eigenvalue weighted by Crippen LogP contribution is -2.44. The van der Waals surface area contributed by atoms with Gasteiger partial charge in [-0.05, 0) is 30.7 Å². The van der Waals surface area contributed by atoms with Gasteiger partial charge in [0.2, 0.25) is 5.91 Å². The van der Waals surface area contributed by atoms with Gasteiger partial charge in [-0.3, -0.25) is 19.8 Å². The van der Waals surface area contributed by atoms with E-state index in [9.17, 15) is 14.4 Å². The van der Waals surface area contributed by atoms with E-state index < -0.39 is 23.9 Å². The maximum atomic E-state index is 12.8. The second kappa shape index (κ2) is 13.0. The molecular weight excluding hydrogens is 400 g/mol. The predicted molar refractivity (Wildman–Crippen MR) is 115 cm³/mol. The zero-order chi connectivity index (χ0) is 22.5. The highest BCUT2D eigenvalue weighted by Crippen LogP contribution is 2.16. The van der Waals surface area contributed by atoms with Crippen molar-refractivity contribution in [3.05, 3.63) is 59.9 Å². The number of amides is 3. The average Bonchev–Trinajstić information content (AvgIpc) is 2.79. The van der Waals surface area contributed by atoms with Crippen molar-refractivity contribution in [1.82, 2.24) is 15.8 Å². The first kappa shape index (κ1) is 23.8. The molecule has 0 bridgehead atoms. The van der Waals surface area contributed by atoms with Crippen molar-refractivity contribution in [3.8, 4) is 0 Å². The lowest BCUT2D eigenvalue weighted by atomic mass is 10.1. The molecule has 9 nitrogen and oxygen atoms in total. The molecule has 1 atom stereocenters. The molecule has 0 aliphatic carbocycles. The number of anilines is 1. The van der Waals surface area contributed by atoms with Crippen LogP contribution >= 0.6 is 0 Å². The summed E-state index contributed by atoms with van der Waals surface area (Å²) in [6.07, 6.45) is 4.45. The molecule has 0 saturated heterocycles. The standard InChI is InChI=1S/C22H28N4O5/c1-2-3-4-12-19(25-22(29)31-15-13-16-9-7-8-14-23-16)21(28)24-18-11-6-5-10-17(18)20(27)26-30/h5-11,14,19,30H,2-4,12-13,15H2,1H3,(H,24,28)(H,25,29)(H,26,27). The summed E-state index contributed by atoms with van der Waals surface area (Å²) >= 11 is 0. The Morgan fingerprint density at radius 3 is 2.58 bits per heavy atom. The second-order valence-corrected chi connectivity index (χ2v) is 6.88. The van der Waals surface area contributed by atoms with Crippen LogP contribution in [0.1, 0.15) is 48.7 Å². The van der Waals surface area contributed by atoms with E-state index in [1.807, 2.05) is 19.1 Å². The zero-order valence-corrected chi connectivity index (χ0v) is 17.5. The molecule has 1 aromatic carbocycles. The number of carbonyl (C=O) groups is 3. The maximum absolute atomic E-state index is 12.8. The minimum Gasteiger partial charge on any atom is -0.449 e. The number of hydrogen-bond donors (Lipinski definition) is 4. The number of hydrogen-bond acceptors (Lipinski definition) is 6. The van der Waals surface area contributed by atoms with E-state index in [-0.39, 0.29) is 17.9 Å². The van der Waals surface area contributed by atoms with Gasteiger partial charge in [-0.25, -0.2) is 10.3 Å². The summed E-state index contributed by atoms with van der Waals surface area (Å²) in [5.74, 6) is -1.23. The van der Waals surface area contributed by atoms with Crippen molar-refractivity contribution in [3.63, 3.8) is 0 Å². The van der Waals surface area contributed by atoms with Gasteiger partial charge in [0.25, 0.3) is 5.91 Å². The minimum absolute atomic E-state index is 0.101. The second-order valence-electron chi connectivity index (χ2n) is 6.88. The monoisotopic (exact) mass is 428 g/mol. The predicted octanol–water partition coefficient (Wildman–Crippen LogP) is 3.06. The fourth-order valence-corrected chi connectivity index (χ4v) is 2.92. The van der Waals surface area contributed by atoms with Gasteiger partial charge in [-0.15, -0.1) is 0 Å². The molecular formula is C22H28N4O5. The Kier molecular flexibility index (Phi) is 9.96. The van der Waals surface area contributed by atoms with E-state index in [0.717, 1.165) is 25.0 Å². The number of unbranched alkanes of at least 4 members (excludes halogenated alkanes) is 2. The normalized spacial score (nSPS) is 11.3. The average molecular weight is 428 g/mol. The van der Waals surface area contributed by atoms with Gasteiger partial charge in [0.05, 0.1) is 17.9 Å². The molecule has 0 radical (unpaired) electrons. The lowest BCUT2D eigenvalue weighted by molar-refractivity contribution is -0.118. The first-order valence-electron chi connectivity index (χ1n) is 10.2. The van der Waals surface area contributed by atoms with E-state index in [2.05, 4.69) is 15.6 Å². The third-order valence-electron chi connectivity index (χ3n) is 4.55. The molecule has 1 heterocycles. The van der Waals surface area contributed by atoms with E-state index in [1.165, 1.54) is 12.1 Å². The van der Waals surface area contributed by atoms with Crippen LogP contribution in [0.3, 0.4) is 0 Å². The number of carbonyl (C=O) groups excluding carboxylic acids is 3. The van der Waals surface area contributed by atoms with E-state index in [0.29, 0.717) is 12.8 Å². The molecule has 0 aliphatic heterocycles. The Bertz CT molecular complexity index is 860. The molecule has 31 heavy (non-hydrogen) atoms. The third kappa shape index (κ3) is 8.06. The van der Waals surface area contributed by atoms with E-state index >= 15 is 0 Å². The highest BCUT2D eigenvalue weighted by molar-refractivity contribution is 6.04. The highest BCUT2D eigenvalue weighted by Gasteiger charge is 2.23. The summed E-state index contributed by atoms with van der Waals surface area (Å²) < 4.78 is 5.20. The summed E-state index contributed by atoms with van der Waals surface area (Å²) in [4.78, 5) is 41.0. The Labute approximate surface area is 181 Å².